The fourth-order valence-electron chi connectivity index (χ4n) is 3.68. The third-order valence-electron chi connectivity index (χ3n) is 5.22. The van der Waals surface area contributed by atoms with Crippen LogP contribution < -0.4 is 15.4 Å². The van der Waals surface area contributed by atoms with E-state index in [4.69, 9.17) is 4.74 Å². The fraction of sp³-hybridized carbons (Fsp3) is 0.348. The molecule has 2 amide bonds. The predicted molar refractivity (Wildman–Crippen MR) is 125 cm³/mol. The highest BCUT2D eigenvalue weighted by atomic mass is 32.1. The minimum atomic E-state index is -0.365. The van der Waals surface area contributed by atoms with Gasteiger partial charge in [-0.25, -0.2) is 14.8 Å². The van der Waals surface area contributed by atoms with Crippen molar-refractivity contribution in [2.75, 3.05) is 30.8 Å². The third-order valence-corrected chi connectivity index (χ3v) is 6.09. The van der Waals surface area contributed by atoms with Crippen LogP contribution in [-0.2, 0) is 6.54 Å². The van der Waals surface area contributed by atoms with Crippen LogP contribution in [0.2, 0.25) is 0 Å². The van der Waals surface area contributed by atoms with E-state index < -0.39 is 0 Å². The number of aryl methyl sites for hydroxylation is 1. The first-order valence-corrected chi connectivity index (χ1v) is 11.4. The van der Waals surface area contributed by atoms with Gasteiger partial charge in [0.1, 0.15) is 22.4 Å². The number of methoxy groups -OCH3 is 1. The van der Waals surface area contributed by atoms with Crippen molar-refractivity contribution < 1.29 is 9.53 Å². The molecule has 0 spiro atoms. The summed E-state index contributed by atoms with van der Waals surface area (Å²) in [6.45, 7) is 5.04. The highest BCUT2D eigenvalue weighted by Crippen LogP contribution is 2.34. The first kappa shape index (κ1) is 21.3. The van der Waals surface area contributed by atoms with E-state index >= 15 is 0 Å². The molecule has 162 valence electrons. The second-order valence-electron chi connectivity index (χ2n) is 7.67. The molecule has 0 aliphatic carbocycles. The van der Waals surface area contributed by atoms with Gasteiger partial charge >= 0.3 is 6.03 Å². The van der Waals surface area contributed by atoms with Gasteiger partial charge < -0.3 is 4.74 Å². The van der Waals surface area contributed by atoms with Crippen LogP contribution in [0.4, 0.5) is 16.4 Å². The molecule has 4 rings (SSSR count). The number of rotatable bonds is 6. The molecule has 1 aromatic carbocycles. The van der Waals surface area contributed by atoms with Crippen LogP contribution in [0.15, 0.2) is 41.8 Å². The number of ether oxygens (including phenoxy) is 1. The average molecular weight is 438 g/mol. The maximum absolute atomic E-state index is 12.5. The highest BCUT2D eigenvalue weighted by Gasteiger charge is 2.14. The zero-order valence-electron chi connectivity index (χ0n) is 17.9. The zero-order chi connectivity index (χ0) is 21.6. The van der Waals surface area contributed by atoms with E-state index in [0.717, 1.165) is 47.2 Å². The summed E-state index contributed by atoms with van der Waals surface area (Å²) in [5, 5.41) is 8.20. The lowest BCUT2D eigenvalue weighted by Gasteiger charge is -2.26. The van der Waals surface area contributed by atoms with Gasteiger partial charge in [0.25, 0.3) is 0 Å². The number of amides is 2. The molecule has 0 bridgehead atoms. The van der Waals surface area contributed by atoms with Crippen molar-refractivity contribution in [3.05, 3.63) is 53.0 Å². The van der Waals surface area contributed by atoms with E-state index in [2.05, 4.69) is 25.5 Å². The molecular formula is C23H27N5O2S. The quantitative estimate of drug-likeness (QED) is 0.557. The maximum Gasteiger partial charge on any atom is 0.326 e. The molecular weight excluding hydrogens is 410 g/mol. The summed E-state index contributed by atoms with van der Waals surface area (Å²) in [7, 11) is 1.64. The molecule has 7 nitrogen and oxygen atoms in total. The number of hydrogen-bond donors (Lipinski definition) is 2. The van der Waals surface area contributed by atoms with Gasteiger partial charge in [0.2, 0.25) is 0 Å². The van der Waals surface area contributed by atoms with Crippen LogP contribution in [0.3, 0.4) is 0 Å². The summed E-state index contributed by atoms with van der Waals surface area (Å²) in [6.07, 6.45) is 3.79. The molecule has 0 saturated carbocycles. The average Bonchev–Trinajstić information content (AvgIpc) is 3.22. The Bertz CT molecular complexity index is 1050. The van der Waals surface area contributed by atoms with Gasteiger partial charge in [-0.05, 0) is 62.7 Å². The number of hydrogen-bond acceptors (Lipinski definition) is 6. The number of likely N-dealkylation sites (tertiary alicyclic amines) is 1. The Labute approximate surface area is 186 Å². The van der Waals surface area contributed by atoms with Crippen LogP contribution >= 0.6 is 11.3 Å². The first-order valence-electron chi connectivity index (χ1n) is 10.5. The molecule has 0 atom stereocenters. The number of benzene rings is 1. The maximum atomic E-state index is 12.5. The number of urea groups is 1. The van der Waals surface area contributed by atoms with E-state index in [1.807, 2.05) is 42.6 Å². The smallest absolute Gasteiger partial charge is 0.326 e. The molecule has 8 heteroatoms. The van der Waals surface area contributed by atoms with Gasteiger partial charge in [-0.1, -0.05) is 18.6 Å². The normalized spacial score (nSPS) is 14.3. The van der Waals surface area contributed by atoms with Gasteiger partial charge in [0.15, 0.2) is 0 Å². The minimum Gasteiger partial charge on any atom is -0.496 e. The predicted octanol–water partition coefficient (Wildman–Crippen LogP) is 5.15. The molecule has 2 N–H and O–H groups in total. The van der Waals surface area contributed by atoms with Crippen molar-refractivity contribution in [3.8, 4) is 16.3 Å². The summed E-state index contributed by atoms with van der Waals surface area (Å²) in [5.74, 6) is 1.78. The minimum absolute atomic E-state index is 0.365. The Morgan fingerprint density at radius 1 is 1.10 bits per heavy atom. The Morgan fingerprint density at radius 3 is 2.71 bits per heavy atom. The van der Waals surface area contributed by atoms with E-state index in [0.29, 0.717) is 11.6 Å². The van der Waals surface area contributed by atoms with Crippen molar-refractivity contribution >= 4 is 29.0 Å². The summed E-state index contributed by atoms with van der Waals surface area (Å²) >= 11 is 1.45. The van der Waals surface area contributed by atoms with Crippen molar-refractivity contribution in [2.24, 2.45) is 0 Å². The van der Waals surface area contributed by atoms with Gasteiger partial charge in [-0.15, -0.1) is 11.3 Å². The molecule has 0 radical (unpaired) electrons. The molecule has 3 aromatic rings. The molecule has 3 heterocycles. The van der Waals surface area contributed by atoms with Crippen LogP contribution in [0.25, 0.3) is 10.6 Å². The number of nitrogens with one attached hydrogen (secondary N) is 2. The highest BCUT2D eigenvalue weighted by molar-refractivity contribution is 7.13. The number of anilines is 2. The first-order chi connectivity index (χ1) is 15.1. The van der Waals surface area contributed by atoms with Gasteiger partial charge in [0.05, 0.1) is 18.4 Å². The van der Waals surface area contributed by atoms with Crippen molar-refractivity contribution in [1.29, 1.82) is 0 Å². The number of piperidine rings is 1. The summed E-state index contributed by atoms with van der Waals surface area (Å²) in [4.78, 5) is 24.0. The standard InChI is InChI=1S/C23H27N5O2S/c1-16-9-10-18(19(13-16)30-2)22-25-21(15-31-22)27-23(29)26-20-8-6-7-17(24-20)14-28-11-4-3-5-12-28/h6-10,13,15H,3-5,11-12,14H2,1-2H3,(H2,24,26,27,29). The van der Waals surface area contributed by atoms with Crippen LogP contribution in [0.5, 0.6) is 5.75 Å². The van der Waals surface area contributed by atoms with E-state index in [9.17, 15) is 4.79 Å². The number of nitrogens with zero attached hydrogens (tertiary/aromatic N) is 3. The molecule has 31 heavy (non-hydrogen) atoms. The summed E-state index contributed by atoms with van der Waals surface area (Å²) in [5.41, 5.74) is 2.98. The van der Waals surface area contributed by atoms with Crippen LogP contribution in [0.1, 0.15) is 30.5 Å². The van der Waals surface area contributed by atoms with E-state index in [-0.39, 0.29) is 6.03 Å². The Kier molecular flexibility index (Phi) is 6.79. The Morgan fingerprint density at radius 2 is 1.90 bits per heavy atom. The largest absolute Gasteiger partial charge is 0.496 e. The lowest BCUT2D eigenvalue weighted by Crippen LogP contribution is -2.29. The third kappa shape index (κ3) is 5.59. The molecule has 1 aliphatic rings. The molecule has 2 aromatic heterocycles. The number of carbonyl (C=O) groups is 1. The zero-order valence-corrected chi connectivity index (χ0v) is 18.7. The van der Waals surface area contributed by atoms with Crippen molar-refractivity contribution in [3.63, 3.8) is 0 Å². The summed E-state index contributed by atoms with van der Waals surface area (Å²) < 4.78 is 5.47. The van der Waals surface area contributed by atoms with Gasteiger partial charge in [0, 0.05) is 11.9 Å². The van der Waals surface area contributed by atoms with Gasteiger partial charge in [-0.2, -0.15) is 0 Å². The number of aromatic nitrogens is 2. The Balaban J connectivity index is 1.38. The lowest BCUT2D eigenvalue weighted by atomic mass is 10.1. The van der Waals surface area contributed by atoms with Crippen LogP contribution in [0, 0.1) is 6.92 Å². The second kappa shape index (κ2) is 9.89. The van der Waals surface area contributed by atoms with Crippen molar-refractivity contribution in [1.82, 2.24) is 14.9 Å². The van der Waals surface area contributed by atoms with Crippen molar-refractivity contribution in [2.45, 2.75) is 32.7 Å². The van der Waals surface area contributed by atoms with Crippen LogP contribution in [-0.4, -0.2) is 41.1 Å². The lowest BCUT2D eigenvalue weighted by molar-refractivity contribution is 0.218. The second-order valence-corrected chi connectivity index (χ2v) is 8.53. The molecule has 1 fully saturated rings. The number of thiazole rings is 1. The van der Waals surface area contributed by atoms with Gasteiger partial charge in [-0.3, -0.25) is 15.5 Å². The van der Waals surface area contributed by atoms with E-state index in [1.54, 1.807) is 13.2 Å². The monoisotopic (exact) mass is 437 g/mol. The molecule has 1 aliphatic heterocycles. The number of carbonyl (C=O) groups excluding carboxylic acids is 1. The van der Waals surface area contributed by atoms with E-state index in [1.165, 1.54) is 30.6 Å². The molecule has 1 saturated heterocycles. The molecule has 0 unspecified atom stereocenters. The topological polar surface area (TPSA) is 79.4 Å². The fourth-order valence-corrected chi connectivity index (χ4v) is 4.46. The Hall–Kier alpha value is -2.97. The summed E-state index contributed by atoms with van der Waals surface area (Å²) in [6, 6.07) is 11.3. The SMILES string of the molecule is COc1cc(C)ccc1-c1nc(NC(=O)Nc2cccc(CN3CCCCC3)n2)cs1. The number of pyridine rings is 1.